The molecular weight excluding hydrogens is 276 g/mol. The van der Waals surface area contributed by atoms with Gasteiger partial charge in [-0.05, 0) is 36.8 Å². The van der Waals surface area contributed by atoms with E-state index in [1.165, 1.54) is 6.07 Å². The molecule has 1 aromatic carbocycles. The first kappa shape index (κ1) is 15.9. The molecule has 1 fully saturated rings. The van der Waals surface area contributed by atoms with Gasteiger partial charge < -0.3 is 10.4 Å². The minimum atomic E-state index is -0.698. The average Bonchev–Trinajstić information content (AvgIpc) is 2.49. The molecule has 0 aliphatic heterocycles. The van der Waals surface area contributed by atoms with Gasteiger partial charge in [-0.15, -0.1) is 0 Å². The van der Waals surface area contributed by atoms with Crippen LogP contribution in [0.5, 0.6) is 0 Å². The molecule has 116 valence electrons. The summed E-state index contributed by atoms with van der Waals surface area (Å²) in [4.78, 5) is 11.8. The van der Waals surface area contributed by atoms with Gasteiger partial charge >= 0.3 is 0 Å². The smallest absolute Gasteiger partial charge is 0.224 e. The van der Waals surface area contributed by atoms with Crippen LogP contribution in [0.4, 0.5) is 8.78 Å². The van der Waals surface area contributed by atoms with E-state index in [9.17, 15) is 18.7 Å². The maximum atomic E-state index is 13.5. The van der Waals surface area contributed by atoms with Crippen LogP contribution in [-0.2, 0) is 11.2 Å². The van der Waals surface area contributed by atoms with E-state index in [0.717, 1.165) is 37.8 Å². The Morgan fingerprint density at radius 2 is 1.81 bits per heavy atom. The van der Waals surface area contributed by atoms with E-state index in [-0.39, 0.29) is 36.3 Å². The van der Waals surface area contributed by atoms with Gasteiger partial charge in [-0.3, -0.25) is 4.79 Å². The van der Waals surface area contributed by atoms with Crippen LogP contribution in [0.2, 0.25) is 0 Å². The maximum absolute atomic E-state index is 13.5. The third-order valence-electron chi connectivity index (χ3n) is 4.26. The number of aliphatic hydroxyl groups excluding tert-OH is 1. The standard InChI is InChI=1S/C16H21F2NO2/c17-14-6-3-7-15(18)13(14)8-16(21)19-9-11-4-1-2-5-12(11)10-20/h3,6-7,11-12,20H,1-2,4-5,8-10H2,(H,19,21). The topological polar surface area (TPSA) is 49.3 Å². The fourth-order valence-electron chi connectivity index (χ4n) is 2.96. The van der Waals surface area contributed by atoms with E-state index in [0.29, 0.717) is 6.54 Å². The van der Waals surface area contributed by atoms with E-state index in [4.69, 9.17) is 0 Å². The van der Waals surface area contributed by atoms with Gasteiger partial charge in [0.05, 0.1) is 6.42 Å². The largest absolute Gasteiger partial charge is 0.396 e. The molecule has 0 bridgehead atoms. The fraction of sp³-hybridized carbons (Fsp3) is 0.562. The molecular formula is C16H21F2NO2. The zero-order valence-electron chi connectivity index (χ0n) is 11.9. The normalized spacial score (nSPS) is 22.0. The maximum Gasteiger partial charge on any atom is 0.224 e. The van der Waals surface area contributed by atoms with Crippen LogP contribution in [0.15, 0.2) is 18.2 Å². The highest BCUT2D eigenvalue weighted by molar-refractivity contribution is 5.78. The second-order valence-electron chi connectivity index (χ2n) is 5.67. The third-order valence-corrected chi connectivity index (χ3v) is 4.26. The highest BCUT2D eigenvalue weighted by Gasteiger charge is 2.25. The Kier molecular flexibility index (Phi) is 5.67. The van der Waals surface area contributed by atoms with Crippen LogP contribution in [0.3, 0.4) is 0 Å². The van der Waals surface area contributed by atoms with Crippen LogP contribution in [0.25, 0.3) is 0 Å². The third kappa shape index (κ3) is 4.24. The minimum Gasteiger partial charge on any atom is -0.396 e. The Labute approximate surface area is 123 Å². The molecule has 1 amide bonds. The summed E-state index contributed by atoms with van der Waals surface area (Å²) in [6.07, 6.45) is 3.85. The van der Waals surface area contributed by atoms with Gasteiger partial charge in [0, 0.05) is 18.7 Å². The minimum absolute atomic E-state index is 0.127. The number of benzene rings is 1. The molecule has 1 saturated carbocycles. The number of hydrogen-bond acceptors (Lipinski definition) is 2. The molecule has 3 nitrogen and oxygen atoms in total. The number of amides is 1. The van der Waals surface area contributed by atoms with E-state index >= 15 is 0 Å². The quantitative estimate of drug-likeness (QED) is 0.877. The number of rotatable bonds is 5. The number of hydrogen-bond donors (Lipinski definition) is 2. The predicted molar refractivity (Wildman–Crippen MR) is 75.6 cm³/mol. The summed E-state index contributed by atoms with van der Waals surface area (Å²) in [6.45, 7) is 0.586. The molecule has 0 spiro atoms. The van der Waals surface area contributed by atoms with Crippen molar-refractivity contribution in [3.63, 3.8) is 0 Å². The molecule has 1 aliphatic carbocycles. The summed E-state index contributed by atoms with van der Waals surface area (Å²) in [6, 6.07) is 3.57. The molecule has 0 radical (unpaired) electrons. The van der Waals surface area contributed by atoms with Crippen LogP contribution >= 0.6 is 0 Å². The molecule has 0 aromatic heterocycles. The number of carbonyl (C=O) groups excluding carboxylic acids is 1. The van der Waals surface area contributed by atoms with Gasteiger partial charge in [0.1, 0.15) is 11.6 Å². The molecule has 2 rings (SSSR count). The zero-order valence-corrected chi connectivity index (χ0v) is 11.9. The van der Waals surface area contributed by atoms with Gasteiger partial charge in [0.2, 0.25) is 5.91 Å². The SMILES string of the molecule is O=C(Cc1c(F)cccc1F)NCC1CCCCC1CO. The van der Waals surface area contributed by atoms with E-state index in [1.54, 1.807) is 0 Å². The molecule has 21 heavy (non-hydrogen) atoms. The zero-order chi connectivity index (χ0) is 15.2. The Morgan fingerprint density at radius 3 is 2.43 bits per heavy atom. The summed E-state index contributed by atoms with van der Waals surface area (Å²) < 4.78 is 26.9. The second kappa shape index (κ2) is 7.50. The van der Waals surface area contributed by atoms with Crippen molar-refractivity contribution in [3.8, 4) is 0 Å². The Bertz CT molecular complexity index is 473. The van der Waals surface area contributed by atoms with Crippen molar-refractivity contribution in [2.45, 2.75) is 32.1 Å². The van der Waals surface area contributed by atoms with Crippen LogP contribution in [0.1, 0.15) is 31.2 Å². The van der Waals surface area contributed by atoms with Gasteiger partial charge in [0.15, 0.2) is 0 Å². The van der Waals surface area contributed by atoms with Crippen LogP contribution in [0, 0.1) is 23.5 Å². The fourth-order valence-corrected chi connectivity index (χ4v) is 2.96. The molecule has 1 aromatic rings. The molecule has 1 aliphatic rings. The van der Waals surface area contributed by atoms with Crippen molar-refractivity contribution in [3.05, 3.63) is 35.4 Å². The van der Waals surface area contributed by atoms with Crippen molar-refractivity contribution >= 4 is 5.91 Å². The van der Waals surface area contributed by atoms with Crippen LogP contribution in [-0.4, -0.2) is 24.2 Å². The summed E-state index contributed by atoms with van der Waals surface area (Å²) in [7, 11) is 0. The van der Waals surface area contributed by atoms with Crippen molar-refractivity contribution in [2.24, 2.45) is 11.8 Å². The molecule has 2 atom stereocenters. The predicted octanol–water partition coefficient (Wildman–Crippen LogP) is 2.42. The number of aliphatic hydroxyl groups is 1. The lowest BCUT2D eigenvalue weighted by Gasteiger charge is -2.30. The first-order chi connectivity index (χ1) is 10.1. The van der Waals surface area contributed by atoms with Crippen molar-refractivity contribution in [1.29, 1.82) is 0 Å². The Hall–Kier alpha value is -1.49. The summed E-state index contributed by atoms with van der Waals surface area (Å²) in [5.41, 5.74) is -0.197. The van der Waals surface area contributed by atoms with Gasteiger partial charge in [-0.1, -0.05) is 18.9 Å². The monoisotopic (exact) mass is 297 g/mol. The van der Waals surface area contributed by atoms with E-state index in [1.807, 2.05) is 0 Å². The Morgan fingerprint density at radius 1 is 1.19 bits per heavy atom. The lowest BCUT2D eigenvalue weighted by molar-refractivity contribution is -0.120. The molecule has 2 unspecified atom stereocenters. The first-order valence-electron chi connectivity index (χ1n) is 7.42. The molecule has 2 N–H and O–H groups in total. The number of nitrogens with one attached hydrogen (secondary N) is 1. The number of halogens is 2. The summed E-state index contributed by atoms with van der Waals surface area (Å²) >= 11 is 0. The van der Waals surface area contributed by atoms with Crippen LogP contribution < -0.4 is 5.32 Å². The molecule has 0 saturated heterocycles. The van der Waals surface area contributed by atoms with Gasteiger partial charge in [-0.2, -0.15) is 0 Å². The lowest BCUT2D eigenvalue weighted by atomic mass is 9.79. The number of carbonyl (C=O) groups is 1. The van der Waals surface area contributed by atoms with Gasteiger partial charge in [0.25, 0.3) is 0 Å². The first-order valence-corrected chi connectivity index (χ1v) is 7.42. The highest BCUT2D eigenvalue weighted by Crippen LogP contribution is 2.29. The van der Waals surface area contributed by atoms with Crippen molar-refractivity contribution < 1.29 is 18.7 Å². The van der Waals surface area contributed by atoms with E-state index in [2.05, 4.69) is 5.32 Å². The van der Waals surface area contributed by atoms with Gasteiger partial charge in [-0.25, -0.2) is 8.78 Å². The highest BCUT2D eigenvalue weighted by atomic mass is 19.1. The Balaban J connectivity index is 1.87. The average molecular weight is 297 g/mol. The van der Waals surface area contributed by atoms with Crippen molar-refractivity contribution in [2.75, 3.05) is 13.2 Å². The lowest BCUT2D eigenvalue weighted by Crippen LogP contribution is -2.36. The molecule has 0 heterocycles. The molecule has 5 heteroatoms. The summed E-state index contributed by atoms with van der Waals surface area (Å²) in [5, 5.41) is 12.1. The van der Waals surface area contributed by atoms with Crippen molar-refractivity contribution in [1.82, 2.24) is 5.32 Å². The summed E-state index contributed by atoms with van der Waals surface area (Å²) in [5.74, 6) is -1.32. The van der Waals surface area contributed by atoms with E-state index < -0.39 is 11.6 Å². The second-order valence-corrected chi connectivity index (χ2v) is 5.67.